The fourth-order valence-corrected chi connectivity index (χ4v) is 5.02. The molecule has 5 aromatic rings. The smallest absolute Gasteiger partial charge is 0.307 e. The van der Waals surface area contributed by atoms with Gasteiger partial charge in [0.15, 0.2) is 0 Å². The number of hydrogen-bond donors (Lipinski definition) is 2. The van der Waals surface area contributed by atoms with E-state index in [2.05, 4.69) is 5.10 Å². The average molecular weight is 523 g/mol. The van der Waals surface area contributed by atoms with Gasteiger partial charge >= 0.3 is 5.97 Å². The van der Waals surface area contributed by atoms with Gasteiger partial charge in [-0.25, -0.2) is 9.97 Å². The van der Waals surface area contributed by atoms with Crippen molar-refractivity contribution in [2.24, 2.45) is 7.05 Å². The number of rotatable bonds is 4. The standard InChI is InChI=1S/C23H17ClN4O2S.C4H10O/c1-12-9-18-22(21(15(12)10-20(29)30)13-3-5-14(24)6-4-13)31-23(26-18)17-8-7-16-19(25-17)11-28(2)27-16;1-4(2,3)5/h3-9,11H,10H2,1-2H3,(H,29,30);5H,1-3H3. The highest BCUT2D eigenvalue weighted by Crippen LogP contribution is 2.40. The lowest BCUT2D eigenvalue weighted by Crippen LogP contribution is -2.10. The molecule has 0 saturated carbocycles. The number of aliphatic hydroxyl groups is 1. The molecule has 3 aromatic heterocycles. The summed E-state index contributed by atoms with van der Waals surface area (Å²) < 4.78 is 2.67. The largest absolute Gasteiger partial charge is 0.481 e. The normalized spacial score (nSPS) is 11.5. The first kappa shape index (κ1) is 25.8. The monoisotopic (exact) mass is 522 g/mol. The maximum Gasteiger partial charge on any atom is 0.307 e. The zero-order valence-electron chi connectivity index (χ0n) is 20.7. The molecule has 0 radical (unpaired) electrons. The summed E-state index contributed by atoms with van der Waals surface area (Å²) in [6.07, 6.45) is 1.81. The zero-order valence-corrected chi connectivity index (χ0v) is 22.3. The van der Waals surface area contributed by atoms with Gasteiger partial charge in [0.05, 0.1) is 34.1 Å². The first-order valence-electron chi connectivity index (χ1n) is 11.3. The number of carbonyl (C=O) groups is 1. The summed E-state index contributed by atoms with van der Waals surface area (Å²) in [6, 6.07) is 13.3. The number of aliphatic carboxylic acids is 1. The van der Waals surface area contributed by atoms with E-state index in [0.29, 0.717) is 5.02 Å². The van der Waals surface area contributed by atoms with Crippen LogP contribution >= 0.6 is 22.9 Å². The van der Waals surface area contributed by atoms with Crippen LogP contribution in [0.15, 0.2) is 48.7 Å². The summed E-state index contributed by atoms with van der Waals surface area (Å²) in [5, 5.41) is 23.8. The summed E-state index contributed by atoms with van der Waals surface area (Å²) in [5.74, 6) is -0.869. The maximum absolute atomic E-state index is 11.6. The molecular weight excluding hydrogens is 496 g/mol. The van der Waals surface area contributed by atoms with Crippen molar-refractivity contribution in [1.82, 2.24) is 19.7 Å². The Labute approximate surface area is 218 Å². The van der Waals surface area contributed by atoms with E-state index >= 15 is 0 Å². The van der Waals surface area contributed by atoms with Crippen molar-refractivity contribution in [3.63, 3.8) is 0 Å². The molecule has 0 aliphatic carbocycles. The van der Waals surface area contributed by atoms with E-state index in [1.807, 2.05) is 62.6 Å². The number of hydrogen-bond acceptors (Lipinski definition) is 6. The van der Waals surface area contributed by atoms with Gasteiger partial charge in [-0.1, -0.05) is 23.7 Å². The molecule has 0 aliphatic rings. The second kappa shape index (κ2) is 9.97. The molecule has 9 heteroatoms. The number of benzene rings is 2. The molecular formula is C27H27ClN4O3S. The third-order valence-electron chi connectivity index (χ3n) is 5.17. The van der Waals surface area contributed by atoms with E-state index in [-0.39, 0.29) is 6.42 Å². The first-order valence-corrected chi connectivity index (χ1v) is 12.5. The lowest BCUT2D eigenvalue weighted by Gasteiger charge is -2.13. The Balaban J connectivity index is 0.000000556. The van der Waals surface area contributed by atoms with Gasteiger partial charge in [-0.05, 0) is 74.7 Å². The number of thiazole rings is 1. The molecule has 186 valence electrons. The highest BCUT2D eigenvalue weighted by molar-refractivity contribution is 7.22. The number of halogens is 1. The van der Waals surface area contributed by atoms with Gasteiger partial charge in [-0.15, -0.1) is 11.3 Å². The van der Waals surface area contributed by atoms with Crippen LogP contribution in [0.2, 0.25) is 5.02 Å². The van der Waals surface area contributed by atoms with Crippen LogP contribution in [-0.4, -0.2) is 41.5 Å². The Hall–Kier alpha value is -3.33. The number of fused-ring (bicyclic) bond motifs is 2. The molecule has 0 unspecified atom stereocenters. The third-order valence-corrected chi connectivity index (χ3v) is 6.53. The summed E-state index contributed by atoms with van der Waals surface area (Å²) in [7, 11) is 1.87. The Bertz CT molecular complexity index is 1560. The summed E-state index contributed by atoms with van der Waals surface area (Å²) in [6.45, 7) is 7.16. The van der Waals surface area contributed by atoms with Gasteiger partial charge in [0, 0.05) is 17.6 Å². The van der Waals surface area contributed by atoms with E-state index in [1.54, 1.807) is 25.5 Å². The van der Waals surface area contributed by atoms with Crippen LogP contribution in [0, 0.1) is 6.92 Å². The number of nitrogens with zero attached hydrogens (tertiary/aromatic N) is 4. The number of pyridine rings is 1. The minimum atomic E-state index is -0.869. The van der Waals surface area contributed by atoms with Crippen molar-refractivity contribution in [2.45, 2.75) is 39.7 Å². The molecule has 0 spiro atoms. The number of aryl methyl sites for hydroxylation is 2. The van der Waals surface area contributed by atoms with Crippen molar-refractivity contribution in [3.05, 3.63) is 64.8 Å². The summed E-state index contributed by atoms with van der Waals surface area (Å²) in [5.41, 5.74) is 6.21. The number of carboxylic acids is 1. The quantitative estimate of drug-likeness (QED) is 0.288. The fourth-order valence-electron chi connectivity index (χ4n) is 3.79. The van der Waals surface area contributed by atoms with Crippen molar-refractivity contribution in [2.75, 3.05) is 0 Å². The highest BCUT2D eigenvalue weighted by Gasteiger charge is 2.20. The highest BCUT2D eigenvalue weighted by atomic mass is 35.5. The molecule has 0 amide bonds. The molecule has 0 bridgehead atoms. The molecule has 3 heterocycles. The average Bonchev–Trinajstić information content (AvgIpc) is 3.35. The minimum absolute atomic E-state index is 0.0626. The van der Waals surface area contributed by atoms with E-state index < -0.39 is 11.6 Å². The molecule has 7 nitrogen and oxygen atoms in total. The Kier molecular flexibility index (Phi) is 7.13. The molecule has 5 rings (SSSR count). The van der Waals surface area contributed by atoms with E-state index in [4.69, 9.17) is 26.7 Å². The van der Waals surface area contributed by atoms with E-state index in [9.17, 15) is 9.90 Å². The van der Waals surface area contributed by atoms with Gasteiger partial charge in [-0.3, -0.25) is 9.48 Å². The van der Waals surface area contributed by atoms with Gasteiger partial charge in [0.1, 0.15) is 16.0 Å². The van der Waals surface area contributed by atoms with Gasteiger partial charge in [-0.2, -0.15) is 5.10 Å². The van der Waals surface area contributed by atoms with Gasteiger partial charge in [0.25, 0.3) is 0 Å². The number of aromatic nitrogens is 4. The van der Waals surface area contributed by atoms with Crippen LogP contribution in [0.5, 0.6) is 0 Å². The molecule has 0 atom stereocenters. The van der Waals surface area contributed by atoms with Crippen LogP contribution in [0.4, 0.5) is 0 Å². The summed E-state index contributed by atoms with van der Waals surface area (Å²) >= 11 is 7.60. The fraction of sp³-hybridized carbons (Fsp3) is 0.259. The van der Waals surface area contributed by atoms with Crippen LogP contribution in [-0.2, 0) is 18.3 Å². The predicted octanol–water partition coefficient (Wildman–Crippen LogP) is 6.28. The van der Waals surface area contributed by atoms with Crippen molar-refractivity contribution < 1.29 is 15.0 Å². The van der Waals surface area contributed by atoms with Crippen LogP contribution in [0.1, 0.15) is 31.9 Å². The molecule has 0 saturated heterocycles. The third kappa shape index (κ3) is 5.90. The molecule has 0 fully saturated rings. The molecule has 2 aromatic carbocycles. The van der Waals surface area contributed by atoms with E-state index in [1.165, 1.54) is 11.3 Å². The SMILES string of the molecule is CC(C)(C)O.Cc1cc2nc(-c3ccc4nn(C)cc4n3)sc2c(-c2ccc(Cl)cc2)c1CC(=O)O. The predicted molar refractivity (Wildman–Crippen MR) is 146 cm³/mol. The van der Waals surface area contributed by atoms with Gasteiger partial charge in [0.2, 0.25) is 0 Å². The molecule has 36 heavy (non-hydrogen) atoms. The van der Waals surface area contributed by atoms with E-state index in [0.717, 1.165) is 54.2 Å². The molecule has 2 N–H and O–H groups in total. The van der Waals surface area contributed by atoms with Crippen LogP contribution in [0.25, 0.3) is 43.1 Å². The van der Waals surface area contributed by atoms with Crippen molar-refractivity contribution in [1.29, 1.82) is 0 Å². The Morgan fingerprint density at radius 2 is 1.72 bits per heavy atom. The second-order valence-electron chi connectivity index (χ2n) is 9.57. The first-order chi connectivity index (χ1) is 16.9. The summed E-state index contributed by atoms with van der Waals surface area (Å²) in [4.78, 5) is 21.2. The lowest BCUT2D eigenvalue weighted by molar-refractivity contribution is -0.136. The zero-order chi connectivity index (χ0) is 26.2. The minimum Gasteiger partial charge on any atom is -0.481 e. The van der Waals surface area contributed by atoms with Crippen LogP contribution in [0.3, 0.4) is 0 Å². The van der Waals surface area contributed by atoms with Crippen LogP contribution < -0.4 is 0 Å². The number of carboxylic acid groups (broad SMARTS) is 1. The topological polar surface area (TPSA) is 101 Å². The molecule has 0 aliphatic heterocycles. The maximum atomic E-state index is 11.6. The van der Waals surface area contributed by atoms with Gasteiger partial charge < -0.3 is 10.2 Å². The van der Waals surface area contributed by atoms with Crippen molar-refractivity contribution in [3.8, 4) is 21.8 Å². The lowest BCUT2D eigenvalue weighted by atomic mass is 9.93. The Morgan fingerprint density at radius 1 is 1.06 bits per heavy atom. The Morgan fingerprint density at radius 3 is 2.36 bits per heavy atom. The van der Waals surface area contributed by atoms with Crippen molar-refractivity contribution >= 4 is 50.2 Å². The second-order valence-corrected chi connectivity index (χ2v) is 11.0.